The largest absolute Gasteiger partial charge is 0.485 e. The number of aromatic nitrogens is 4. The maximum Gasteiger partial charge on any atom is 0.416 e. The first kappa shape index (κ1) is 22.9. The van der Waals surface area contributed by atoms with E-state index in [1.54, 1.807) is 11.5 Å². The predicted molar refractivity (Wildman–Crippen MR) is 115 cm³/mol. The second-order valence-corrected chi connectivity index (χ2v) is 8.21. The molecule has 9 nitrogen and oxygen atoms in total. The molecule has 35 heavy (non-hydrogen) atoms. The molecule has 1 N–H and O–H groups in total. The van der Waals surface area contributed by atoms with Gasteiger partial charge in [0.2, 0.25) is 5.95 Å². The van der Waals surface area contributed by atoms with Gasteiger partial charge in [-0.1, -0.05) is 0 Å². The fourth-order valence-electron chi connectivity index (χ4n) is 4.10. The molecule has 1 amide bonds. The molecule has 0 spiro atoms. The van der Waals surface area contributed by atoms with Crippen LogP contribution >= 0.6 is 0 Å². The average molecular weight is 492 g/mol. The van der Waals surface area contributed by atoms with E-state index in [2.05, 4.69) is 20.3 Å². The van der Waals surface area contributed by atoms with Gasteiger partial charge in [-0.2, -0.15) is 18.2 Å². The fraction of sp³-hybridized carbons (Fsp3) is 0.364. The number of fused-ring (bicyclic) bond motifs is 3. The zero-order valence-electron chi connectivity index (χ0n) is 18.6. The summed E-state index contributed by atoms with van der Waals surface area (Å²) in [6, 6.07) is 3.56. The number of ether oxygens (including phenoxy) is 2. The van der Waals surface area contributed by atoms with Crippen LogP contribution in [0.25, 0.3) is 5.69 Å². The highest BCUT2D eigenvalue weighted by Crippen LogP contribution is 2.38. The Morgan fingerprint density at radius 2 is 1.97 bits per heavy atom. The molecule has 0 aliphatic carbocycles. The molecule has 4 heterocycles. The molecule has 0 saturated carbocycles. The number of rotatable bonds is 5. The van der Waals surface area contributed by atoms with E-state index in [-0.39, 0.29) is 30.7 Å². The number of carbonyl (C=O) groups excluding carboxylic acids is 1. The van der Waals surface area contributed by atoms with Crippen molar-refractivity contribution in [3.05, 3.63) is 53.7 Å². The Balaban J connectivity index is 1.38. The molecule has 2 aliphatic heterocycles. The molecule has 1 aromatic carbocycles. The SMILES string of the molecule is C[C@H](Nc1nccc(N2C(=O)OC[C@@H]2[C@H](C)F)n1)c1ncn2c1COc1cc(C(F)(F)F)ccc1-2. The summed E-state index contributed by atoms with van der Waals surface area (Å²) in [6.45, 7) is 3.09. The van der Waals surface area contributed by atoms with E-state index in [1.165, 1.54) is 31.6 Å². The van der Waals surface area contributed by atoms with Crippen molar-refractivity contribution in [2.24, 2.45) is 0 Å². The van der Waals surface area contributed by atoms with Gasteiger partial charge in [-0.15, -0.1) is 0 Å². The first-order valence-corrected chi connectivity index (χ1v) is 10.7. The van der Waals surface area contributed by atoms with E-state index in [0.717, 1.165) is 17.0 Å². The standard InChI is InChI=1S/C22H20F4N6O3/c1-11(23)15-8-35-21(33)32(15)18-5-6-27-20(30-18)29-12(2)19-16-9-34-17-7-13(22(24,25)26)3-4-14(17)31(16)10-28-19/h3-7,10-12,15H,8-9H2,1-2H3,(H,27,29,30)/t11-,12-,15+/m0/s1. The Morgan fingerprint density at radius 3 is 2.71 bits per heavy atom. The van der Waals surface area contributed by atoms with Crippen LogP contribution in [0.2, 0.25) is 0 Å². The Morgan fingerprint density at radius 1 is 1.17 bits per heavy atom. The Bertz CT molecular complexity index is 1280. The van der Waals surface area contributed by atoms with E-state index in [4.69, 9.17) is 9.47 Å². The van der Waals surface area contributed by atoms with Crippen molar-refractivity contribution in [1.82, 2.24) is 19.5 Å². The summed E-state index contributed by atoms with van der Waals surface area (Å²) in [5, 5.41) is 3.10. The van der Waals surface area contributed by atoms with Crippen molar-refractivity contribution in [2.45, 2.75) is 44.9 Å². The van der Waals surface area contributed by atoms with E-state index in [1.807, 2.05) is 0 Å². The van der Waals surface area contributed by atoms with Crippen LogP contribution in [0.4, 0.5) is 34.1 Å². The molecule has 13 heteroatoms. The van der Waals surface area contributed by atoms with E-state index < -0.39 is 36.1 Å². The van der Waals surface area contributed by atoms with Crippen LogP contribution in [0, 0.1) is 0 Å². The van der Waals surface area contributed by atoms with Crippen molar-refractivity contribution >= 4 is 17.9 Å². The van der Waals surface area contributed by atoms with Crippen LogP contribution in [-0.4, -0.2) is 44.4 Å². The van der Waals surface area contributed by atoms with Crippen molar-refractivity contribution < 1.29 is 31.8 Å². The molecule has 3 atom stereocenters. The second kappa shape index (κ2) is 8.40. The zero-order valence-corrected chi connectivity index (χ0v) is 18.6. The highest BCUT2D eigenvalue weighted by atomic mass is 19.4. The number of amides is 1. The molecule has 0 bridgehead atoms. The summed E-state index contributed by atoms with van der Waals surface area (Å²) in [7, 11) is 0. The van der Waals surface area contributed by atoms with Crippen molar-refractivity contribution in [3.8, 4) is 11.4 Å². The van der Waals surface area contributed by atoms with Gasteiger partial charge < -0.3 is 14.8 Å². The van der Waals surface area contributed by atoms with Crippen LogP contribution in [0.15, 0.2) is 36.8 Å². The first-order valence-electron chi connectivity index (χ1n) is 10.7. The lowest BCUT2D eigenvalue weighted by atomic mass is 10.1. The van der Waals surface area contributed by atoms with Gasteiger partial charge in [-0.05, 0) is 38.1 Å². The number of alkyl halides is 4. The Kier molecular flexibility index (Phi) is 5.49. The number of nitrogens with one attached hydrogen (secondary N) is 1. The molecule has 0 radical (unpaired) electrons. The summed E-state index contributed by atoms with van der Waals surface area (Å²) in [5.74, 6) is 0.479. The molecule has 3 aromatic rings. The number of imidazole rings is 1. The van der Waals surface area contributed by atoms with Gasteiger partial charge in [0.25, 0.3) is 0 Å². The van der Waals surface area contributed by atoms with Gasteiger partial charge >= 0.3 is 12.3 Å². The van der Waals surface area contributed by atoms with Crippen molar-refractivity contribution in [3.63, 3.8) is 0 Å². The minimum Gasteiger partial charge on any atom is -0.485 e. The number of halogens is 4. The topological polar surface area (TPSA) is 94.4 Å². The Hall–Kier alpha value is -3.90. The third kappa shape index (κ3) is 4.10. The van der Waals surface area contributed by atoms with Crippen LogP contribution in [-0.2, 0) is 17.5 Å². The third-order valence-corrected chi connectivity index (χ3v) is 5.89. The van der Waals surface area contributed by atoms with E-state index >= 15 is 0 Å². The van der Waals surface area contributed by atoms with E-state index in [9.17, 15) is 22.4 Å². The molecule has 2 aromatic heterocycles. The summed E-state index contributed by atoms with van der Waals surface area (Å²) < 4.78 is 65.3. The number of nitrogens with zero attached hydrogens (tertiary/aromatic N) is 5. The van der Waals surface area contributed by atoms with Gasteiger partial charge in [0.15, 0.2) is 0 Å². The second-order valence-electron chi connectivity index (χ2n) is 8.21. The average Bonchev–Trinajstić information content (AvgIpc) is 3.42. The minimum absolute atomic E-state index is 0.0201. The van der Waals surface area contributed by atoms with E-state index in [0.29, 0.717) is 17.1 Å². The lowest BCUT2D eigenvalue weighted by Gasteiger charge is -2.23. The number of hydrogen-bond donors (Lipinski definition) is 1. The van der Waals surface area contributed by atoms with Gasteiger partial charge in [-0.25, -0.2) is 19.2 Å². The number of benzene rings is 1. The number of anilines is 2. The molecular formula is C22H20F4N6O3. The monoisotopic (exact) mass is 492 g/mol. The number of carbonyl (C=O) groups is 1. The normalized spacial score (nSPS) is 18.9. The number of hydrogen-bond acceptors (Lipinski definition) is 7. The smallest absolute Gasteiger partial charge is 0.416 e. The molecule has 1 saturated heterocycles. The molecule has 1 fully saturated rings. The highest BCUT2D eigenvalue weighted by Gasteiger charge is 2.39. The van der Waals surface area contributed by atoms with Crippen LogP contribution < -0.4 is 15.0 Å². The minimum atomic E-state index is -4.47. The van der Waals surface area contributed by atoms with Crippen LogP contribution in [0.3, 0.4) is 0 Å². The van der Waals surface area contributed by atoms with Crippen LogP contribution in [0.5, 0.6) is 5.75 Å². The lowest BCUT2D eigenvalue weighted by Crippen LogP contribution is -2.39. The highest BCUT2D eigenvalue weighted by molar-refractivity contribution is 5.89. The van der Waals surface area contributed by atoms with Crippen molar-refractivity contribution in [1.29, 1.82) is 0 Å². The molecule has 2 aliphatic rings. The fourth-order valence-corrected chi connectivity index (χ4v) is 4.10. The number of cyclic esters (lactones) is 1. The summed E-state index contributed by atoms with van der Waals surface area (Å²) in [6.07, 6.45) is -3.53. The summed E-state index contributed by atoms with van der Waals surface area (Å²) in [4.78, 5) is 26.2. The summed E-state index contributed by atoms with van der Waals surface area (Å²) in [5.41, 5.74) is 0.893. The first-order chi connectivity index (χ1) is 16.6. The van der Waals surface area contributed by atoms with Crippen molar-refractivity contribution in [2.75, 3.05) is 16.8 Å². The maximum atomic E-state index is 13.9. The quantitative estimate of drug-likeness (QED) is 0.527. The maximum absolute atomic E-state index is 13.9. The molecular weight excluding hydrogens is 472 g/mol. The zero-order chi connectivity index (χ0) is 24.9. The van der Waals surface area contributed by atoms with Gasteiger partial charge in [0.1, 0.15) is 43.3 Å². The van der Waals surface area contributed by atoms with Gasteiger partial charge in [-0.3, -0.25) is 9.47 Å². The Labute approximate surface area is 196 Å². The molecule has 0 unspecified atom stereocenters. The lowest BCUT2D eigenvalue weighted by molar-refractivity contribution is -0.137. The third-order valence-electron chi connectivity index (χ3n) is 5.89. The van der Waals surface area contributed by atoms with Gasteiger partial charge in [0.05, 0.1) is 28.7 Å². The predicted octanol–water partition coefficient (Wildman–Crippen LogP) is 4.43. The van der Waals surface area contributed by atoms with Crippen LogP contribution in [0.1, 0.15) is 36.8 Å². The summed E-state index contributed by atoms with van der Waals surface area (Å²) >= 11 is 0. The molecule has 5 rings (SSSR count). The molecule has 184 valence electrons. The van der Waals surface area contributed by atoms with Gasteiger partial charge in [0, 0.05) is 6.20 Å².